The number of aromatic nitrogens is 3. The van der Waals surface area contributed by atoms with E-state index in [9.17, 15) is 0 Å². The maximum atomic E-state index is 16.2. The molecule has 0 saturated carbocycles. The topological polar surface area (TPSA) is 41.9 Å². The lowest BCUT2D eigenvalue weighted by molar-refractivity contribution is 0.264. The number of benzene rings is 1. The minimum atomic E-state index is -0.397. The van der Waals surface area contributed by atoms with E-state index in [0.717, 1.165) is 74.1 Å². The molecule has 6 heteroatoms. The van der Waals surface area contributed by atoms with Crippen LogP contribution in [-0.4, -0.2) is 28.0 Å². The second kappa shape index (κ2) is 10.6. The smallest absolute Gasteiger partial charge is 0.175 e. The molecule has 0 aliphatic carbocycles. The van der Waals surface area contributed by atoms with Crippen LogP contribution in [0.4, 0.5) is 10.2 Å². The number of rotatable bonds is 8. The van der Waals surface area contributed by atoms with Gasteiger partial charge in [-0.2, -0.15) is 0 Å². The Labute approximate surface area is 213 Å². The first-order valence-electron chi connectivity index (χ1n) is 12.8. The summed E-state index contributed by atoms with van der Waals surface area (Å²) < 4.78 is 16.2. The van der Waals surface area contributed by atoms with Crippen molar-refractivity contribution in [3.8, 4) is 11.3 Å². The van der Waals surface area contributed by atoms with Gasteiger partial charge in [-0.25, -0.2) is 14.4 Å². The zero-order chi connectivity index (χ0) is 25.2. The number of allylic oxidation sites excluding steroid dienone is 1. The molecule has 2 aromatic heterocycles. The lowest BCUT2D eigenvalue weighted by Gasteiger charge is -2.41. The number of halogens is 2. The molecule has 186 valence electrons. The highest BCUT2D eigenvalue weighted by Gasteiger charge is 2.32. The Hall–Kier alpha value is -2.53. The van der Waals surface area contributed by atoms with Gasteiger partial charge in [0.25, 0.3) is 0 Å². The predicted molar refractivity (Wildman–Crippen MR) is 145 cm³/mol. The van der Waals surface area contributed by atoms with E-state index >= 15 is 4.39 Å². The highest BCUT2D eigenvalue weighted by molar-refractivity contribution is 6.31. The van der Waals surface area contributed by atoms with Gasteiger partial charge in [0.1, 0.15) is 22.9 Å². The van der Waals surface area contributed by atoms with E-state index in [2.05, 4.69) is 35.3 Å². The van der Waals surface area contributed by atoms with Crippen molar-refractivity contribution >= 4 is 28.3 Å². The van der Waals surface area contributed by atoms with Gasteiger partial charge in [-0.3, -0.25) is 4.98 Å². The zero-order valence-electron chi connectivity index (χ0n) is 21.4. The summed E-state index contributed by atoms with van der Waals surface area (Å²) >= 11 is 6.63. The molecule has 1 atom stereocenters. The van der Waals surface area contributed by atoms with Gasteiger partial charge >= 0.3 is 0 Å². The molecule has 0 amide bonds. The van der Waals surface area contributed by atoms with Crippen molar-refractivity contribution in [1.82, 2.24) is 15.0 Å². The third-order valence-electron chi connectivity index (χ3n) is 7.12. The molecule has 4 rings (SSSR count). The summed E-state index contributed by atoms with van der Waals surface area (Å²) in [4.78, 5) is 16.4. The van der Waals surface area contributed by atoms with Gasteiger partial charge in [-0.1, -0.05) is 44.9 Å². The van der Waals surface area contributed by atoms with Crippen molar-refractivity contribution in [3.05, 3.63) is 58.8 Å². The Kier molecular flexibility index (Phi) is 7.75. The number of pyridine rings is 1. The first kappa shape index (κ1) is 25.6. The Morgan fingerprint density at radius 1 is 1.26 bits per heavy atom. The summed E-state index contributed by atoms with van der Waals surface area (Å²) in [5.74, 6) is 1.03. The third-order valence-corrected chi connectivity index (χ3v) is 7.46. The molecule has 1 aliphatic rings. The maximum absolute atomic E-state index is 16.2. The number of hydrogen-bond acceptors (Lipinski definition) is 4. The van der Waals surface area contributed by atoms with Crippen LogP contribution in [0, 0.1) is 18.2 Å². The van der Waals surface area contributed by atoms with E-state index in [1.807, 2.05) is 32.1 Å². The molecule has 0 radical (unpaired) electrons. The van der Waals surface area contributed by atoms with Gasteiger partial charge in [-0.05, 0) is 67.7 Å². The van der Waals surface area contributed by atoms with Gasteiger partial charge in [0.15, 0.2) is 5.82 Å². The molecule has 3 aromatic rings. The van der Waals surface area contributed by atoms with E-state index in [1.165, 1.54) is 0 Å². The van der Waals surface area contributed by atoms with Crippen LogP contribution in [0.2, 0.25) is 5.02 Å². The van der Waals surface area contributed by atoms with Gasteiger partial charge in [0, 0.05) is 36.3 Å². The lowest BCUT2D eigenvalue weighted by atomic mass is 9.79. The van der Waals surface area contributed by atoms with Crippen LogP contribution >= 0.6 is 11.6 Å². The Morgan fingerprint density at radius 2 is 2.06 bits per heavy atom. The summed E-state index contributed by atoms with van der Waals surface area (Å²) in [5, 5.41) is 1.34. The zero-order valence-corrected chi connectivity index (χ0v) is 22.2. The molecule has 1 aromatic carbocycles. The monoisotopic (exact) mass is 494 g/mol. The average Bonchev–Trinajstić information content (AvgIpc) is 2.83. The first-order chi connectivity index (χ1) is 16.8. The van der Waals surface area contributed by atoms with Crippen molar-refractivity contribution in [2.24, 2.45) is 5.41 Å². The number of aryl methyl sites for hydroxylation is 2. The molecular formula is C29H36ClFN4. The molecule has 0 N–H and O–H groups in total. The van der Waals surface area contributed by atoms with Crippen molar-refractivity contribution in [3.63, 3.8) is 0 Å². The van der Waals surface area contributed by atoms with Crippen LogP contribution in [-0.2, 0) is 12.8 Å². The van der Waals surface area contributed by atoms with Crippen LogP contribution < -0.4 is 4.90 Å². The summed E-state index contributed by atoms with van der Waals surface area (Å²) in [6.07, 6.45) is 10.3. The molecule has 3 heterocycles. The lowest BCUT2D eigenvalue weighted by Crippen LogP contribution is -2.42. The molecule has 0 bridgehead atoms. The van der Waals surface area contributed by atoms with Gasteiger partial charge < -0.3 is 4.90 Å². The fraction of sp³-hybridized carbons (Fsp3) is 0.483. The van der Waals surface area contributed by atoms with Crippen molar-refractivity contribution < 1.29 is 4.39 Å². The first-order valence-corrected chi connectivity index (χ1v) is 13.2. The fourth-order valence-electron chi connectivity index (χ4n) is 5.28. The number of fused-ring (bicyclic) bond motifs is 1. The van der Waals surface area contributed by atoms with E-state index in [4.69, 9.17) is 16.6 Å². The van der Waals surface area contributed by atoms with E-state index < -0.39 is 5.82 Å². The predicted octanol–water partition coefficient (Wildman–Crippen LogP) is 7.88. The number of piperidine rings is 1. The van der Waals surface area contributed by atoms with Crippen LogP contribution in [0.1, 0.15) is 69.8 Å². The molecule has 0 spiro atoms. The molecule has 1 saturated heterocycles. The summed E-state index contributed by atoms with van der Waals surface area (Å²) in [6, 6.07) is 3.93. The SMILES string of the molecule is C=CCC1(C)CCCN(c2nc(CC)nc3c(F)c(-c4cc(C)cc(Cl)c4CCCC)ncc23)C1. The Morgan fingerprint density at radius 3 is 2.77 bits per heavy atom. The molecule has 1 unspecified atom stereocenters. The summed E-state index contributed by atoms with van der Waals surface area (Å²) in [6.45, 7) is 14.1. The third kappa shape index (κ3) is 5.20. The van der Waals surface area contributed by atoms with E-state index in [1.54, 1.807) is 6.20 Å². The van der Waals surface area contributed by atoms with Crippen molar-refractivity contribution in [2.75, 3.05) is 18.0 Å². The standard InChI is InChI=1S/C29H36ClFN4/c1-6-9-11-20-21(15-19(4)16-23(20)30)26-25(31)27-22(17-32-26)28(34-24(8-3)33-27)35-14-10-13-29(5,18-35)12-7-2/h7,15-17H,2,6,8-14,18H2,1,3-5H3. The second-order valence-electron chi connectivity index (χ2n) is 10.2. The largest absolute Gasteiger partial charge is 0.355 e. The second-order valence-corrected chi connectivity index (χ2v) is 10.6. The maximum Gasteiger partial charge on any atom is 0.175 e. The summed E-state index contributed by atoms with van der Waals surface area (Å²) in [5.41, 5.74) is 3.48. The van der Waals surface area contributed by atoms with Crippen LogP contribution in [0.5, 0.6) is 0 Å². The quantitative estimate of drug-likeness (QED) is 0.298. The van der Waals surface area contributed by atoms with Crippen LogP contribution in [0.15, 0.2) is 31.0 Å². The number of nitrogens with zero attached hydrogens (tertiary/aromatic N) is 4. The number of unbranched alkanes of at least 4 members (excludes halogenated alkanes) is 1. The fourth-order valence-corrected chi connectivity index (χ4v) is 5.64. The van der Waals surface area contributed by atoms with E-state index in [-0.39, 0.29) is 5.41 Å². The Balaban J connectivity index is 1.87. The van der Waals surface area contributed by atoms with Gasteiger partial charge in [0.2, 0.25) is 0 Å². The minimum absolute atomic E-state index is 0.127. The molecular weight excluding hydrogens is 459 g/mol. The van der Waals surface area contributed by atoms with Crippen molar-refractivity contribution in [2.45, 2.75) is 72.6 Å². The normalized spacial score (nSPS) is 18.3. The molecule has 1 fully saturated rings. The highest BCUT2D eigenvalue weighted by Crippen LogP contribution is 2.39. The average molecular weight is 495 g/mol. The Bertz CT molecular complexity index is 1240. The van der Waals surface area contributed by atoms with Crippen LogP contribution in [0.25, 0.3) is 22.2 Å². The molecule has 4 nitrogen and oxygen atoms in total. The molecule has 35 heavy (non-hydrogen) atoms. The molecule has 1 aliphatic heterocycles. The summed E-state index contributed by atoms with van der Waals surface area (Å²) in [7, 11) is 0. The van der Waals surface area contributed by atoms with Crippen LogP contribution in [0.3, 0.4) is 0 Å². The van der Waals surface area contributed by atoms with Gasteiger partial charge in [0.05, 0.1) is 5.39 Å². The minimum Gasteiger partial charge on any atom is -0.355 e. The van der Waals surface area contributed by atoms with Gasteiger partial charge in [-0.15, -0.1) is 6.58 Å². The van der Waals surface area contributed by atoms with Crippen molar-refractivity contribution in [1.29, 1.82) is 0 Å². The van der Waals surface area contributed by atoms with E-state index in [0.29, 0.717) is 33.9 Å². The number of anilines is 1. The number of hydrogen-bond donors (Lipinski definition) is 0. The highest BCUT2D eigenvalue weighted by atomic mass is 35.5.